The Balaban J connectivity index is 1.52. The zero-order chi connectivity index (χ0) is 29.7. The number of carbonyl (C=O) groups excluding carboxylic acids is 2. The number of anilines is 3. The molecule has 210 valence electrons. The van der Waals surface area contributed by atoms with Crippen LogP contribution in [0.5, 0.6) is 5.75 Å². The number of aromatic hydroxyl groups is 1. The van der Waals surface area contributed by atoms with Crippen LogP contribution in [0.1, 0.15) is 15.9 Å². The summed E-state index contributed by atoms with van der Waals surface area (Å²) in [5.74, 6) is -1.22. The molecule has 4 aromatic carbocycles. The quantitative estimate of drug-likeness (QED) is 0.105. The van der Waals surface area contributed by atoms with Crippen molar-refractivity contribution in [3.8, 4) is 5.75 Å². The van der Waals surface area contributed by atoms with Gasteiger partial charge in [-0.15, -0.1) is 10.2 Å². The van der Waals surface area contributed by atoms with Gasteiger partial charge >= 0.3 is 0 Å². The second kappa shape index (κ2) is 12.0. The number of azo groups is 1. The lowest BCUT2D eigenvalue weighted by Gasteiger charge is -2.19. The molecule has 11 nitrogen and oxygen atoms in total. The molecule has 2 amide bonds. The SMILES string of the molecule is O=CN(c1ccc(CS(=O)(=O)O)cc1)c1ccccc1/N=N/c1c(O)c(C(=O)Nc2ccccn2)cc2ccccc12. The smallest absolute Gasteiger partial charge is 0.269 e. The van der Waals surface area contributed by atoms with Crippen LogP contribution >= 0.6 is 0 Å². The molecule has 12 heteroatoms. The van der Waals surface area contributed by atoms with Crippen LogP contribution in [-0.2, 0) is 20.7 Å². The van der Waals surface area contributed by atoms with E-state index in [1.165, 1.54) is 35.4 Å². The van der Waals surface area contributed by atoms with Crippen molar-refractivity contribution < 1.29 is 27.7 Å². The number of pyridine rings is 1. The third-order valence-electron chi connectivity index (χ3n) is 6.21. The molecule has 0 unspecified atom stereocenters. The number of amides is 2. The summed E-state index contributed by atoms with van der Waals surface area (Å²) < 4.78 is 31.5. The predicted molar refractivity (Wildman–Crippen MR) is 158 cm³/mol. The highest BCUT2D eigenvalue weighted by atomic mass is 32.2. The minimum absolute atomic E-state index is 0.0268. The van der Waals surface area contributed by atoms with Crippen molar-refractivity contribution in [1.82, 2.24) is 4.98 Å². The number of benzene rings is 4. The maximum atomic E-state index is 13.1. The maximum absolute atomic E-state index is 13.1. The standard InChI is InChI=1S/C30H23N5O6S/c36-19-35(22-14-12-20(13-15-22)18-42(39,40)41)26-10-4-3-9-25(26)33-34-28-23-8-2-1-7-21(23)17-24(29(28)37)30(38)32-27-11-5-6-16-31-27/h1-17,19,37H,18H2,(H,31,32,38)(H,39,40,41)/b34-33+. The first-order valence-corrected chi connectivity index (χ1v) is 14.1. The summed E-state index contributed by atoms with van der Waals surface area (Å²) in [5.41, 5.74) is 1.41. The van der Waals surface area contributed by atoms with Gasteiger partial charge in [0.15, 0.2) is 5.75 Å². The zero-order valence-corrected chi connectivity index (χ0v) is 22.6. The average molecular weight is 582 g/mol. The van der Waals surface area contributed by atoms with Crippen LogP contribution in [0, 0.1) is 0 Å². The third kappa shape index (κ3) is 6.30. The van der Waals surface area contributed by atoms with E-state index in [2.05, 4.69) is 20.5 Å². The highest BCUT2D eigenvalue weighted by Gasteiger charge is 2.20. The van der Waals surface area contributed by atoms with Crippen LogP contribution in [0.2, 0.25) is 0 Å². The summed E-state index contributed by atoms with van der Waals surface area (Å²) >= 11 is 0. The predicted octanol–water partition coefficient (Wildman–Crippen LogP) is 6.29. The average Bonchev–Trinajstić information content (AvgIpc) is 2.98. The van der Waals surface area contributed by atoms with E-state index in [9.17, 15) is 23.1 Å². The number of hydrogen-bond donors (Lipinski definition) is 3. The fourth-order valence-electron chi connectivity index (χ4n) is 4.29. The van der Waals surface area contributed by atoms with Crippen LogP contribution in [0.25, 0.3) is 10.8 Å². The molecule has 0 aliphatic rings. The topological polar surface area (TPSA) is 162 Å². The number of phenols is 1. The van der Waals surface area contributed by atoms with Crippen molar-refractivity contribution in [2.24, 2.45) is 10.2 Å². The number of para-hydroxylation sites is 1. The van der Waals surface area contributed by atoms with Crippen molar-refractivity contribution in [3.63, 3.8) is 0 Å². The van der Waals surface area contributed by atoms with E-state index in [0.717, 1.165) is 0 Å². The van der Waals surface area contributed by atoms with E-state index >= 15 is 0 Å². The molecule has 0 radical (unpaired) electrons. The van der Waals surface area contributed by atoms with Crippen LogP contribution < -0.4 is 10.2 Å². The number of aromatic nitrogens is 1. The van der Waals surface area contributed by atoms with Gasteiger partial charge in [-0.2, -0.15) is 8.42 Å². The maximum Gasteiger partial charge on any atom is 0.269 e. The first-order valence-electron chi connectivity index (χ1n) is 12.5. The number of nitrogens with zero attached hydrogens (tertiary/aromatic N) is 4. The zero-order valence-electron chi connectivity index (χ0n) is 21.8. The van der Waals surface area contributed by atoms with Crippen LogP contribution in [0.4, 0.5) is 28.6 Å². The summed E-state index contributed by atoms with van der Waals surface area (Å²) in [6, 6.07) is 26.4. The normalized spacial score (nSPS) is 11.5. The van der Waals surface area contributed by atoms with E-state index in [1.54, 1.807) is 72.8 Å². The Hall–Kier alpha value is -5.46. The molecule has 42 heavy (non-hydrogen) atoms. The summed E-state index contributed by atoms with van der Waals surface area (Å²) in [6.07, 6.45) is 2.10. The lowest BCUT2D eigenvalue weighted by Crippen LogP contribution is -2.14. The molecule has 0 saturated carbocycles. The Morgan fingerprint density at radius 2 is 1.64 bits per heavy atom. The van der Waals surface area contributed by atoms with E-state index in [-0.39, 0.29) is 22.7 Å². The second-order valence-electron chi connectivity index (χ2n) is 9.07. The molecule has 1 heterocycles. The molecule has 0 bridgehead atoms. The Bertz CT molecular complexity index is 1910. The van der Waals surface area contributed by atoms with Gasteiger partial charge < -0.3 is 10.4 Å². The number of carbonyl (C=O) groups is 2. The summed E-state index contributed by atoms with van der Waals surface area (Å²) in [6.45, 7) is 0. The second-order valence-corrected chi connectivity index (χ2v) is 10.5. The minimum Gasteiger partial charge on any atom is -0.505 e. The number of phenolic OH excluding ortho intramolecular Hbond substituents is 1. The monoisotopic (exact) mass is 581 g/mol. The van der Waals surface area contributed by atoms with E-state index in [4.69, 9.17) is 4.55 Å². The summed E-state index contributed by atoms with van der Waals surface area (Å²) in [7, 11) is -4.21. The summed E-state index contributed by atoms with van der Waals surface area (Å²) in [4.78, 5) is 30.6. The van der Waals surface area contributed by atoms with Gasteiger partial charge in [0.1, 0.15) is 22.9 Å². The highest BCUT2D eigenvalue weighted by molar-refractivity contribution is 7.85. The Morgan fingerprint density at radius 1 is 0.929 bits per heavy atom. The van der Waals surface area contributed by atoms with Gasteiger partial charge in [0, 0.05) is 17.3 Å². The number of rotatable bonds is 9. The molecule has 1 aromatic heterocycles. The Morgan fingerprint density at radius 3 is 2.36 bits per heavy atom. The van der Waals surface area contributed by atoms with Gasteiger partial charge in [-0.3, -0.25) is 19.0 Å². The highest BCUT2D eigenvalue weighted by Crippen LogP contribution is 2.41. The molecule has 0 spiro atoms. The van der Waals surface area contributed by atoms with E-state index in [0.29, 0.717) is 39.9 Å². The van der Waals surface area contributed by atoms with Gasteiger partial charge in [-0.1, -0.05) is 54.6 Å². The first-order chi connectivity index (χ1) is 20.2. The van der Waals surface area contributed by atoms with Gasteiger partial charge in [0.05, 0.1) is 11.3 Å². The van der Waals surface area contributed by atoms with E-state index < -0.39 is 21.8 Å². The molecule has 5 rings (SSSR count). The van der Waals surface area contributed by atoms with Crippen molar-refractivity contribution in [1.29, 1.82) is 0 Å². The fourth-order valence-corrected chi connectivity index (χ4v) is 4.90. The minimum atomic E-state index is -4.21. The fraction of sp³-hybridized carbons (Fsp3) is 0.0333. The van der Waals surface area contributed by atoms with Crippen molar-refractivity contribution in [2.75, 3.05) is 10.2 Å². The van der Waals surface area contributed by atoms with Crippen molar-refractivity contribution in [2.45, 2.75) is 5.75 Å². The van der Waals surface area contributed by atoms with Crippen molar-refractivity contribution in [3.05, 3.63) is 114 Å². The Labute approximate surface area is 240 Å². The molecule has 0 saturated heterocycles. The van der Waals surface area contributed by atoms with Gasteiger partial charge in [-0.25, -0.2) is 4.98 Å². The number of hydrogen-bond acceptors (Lipinski definition) is 8. The lowest BCUT2D eigenvalue weighted by molar-refractivity contribution is -0.106. The molecule has 0 aliphatic heterocycles. The third-order valence-corrected chi connectivity index (χ3v) is 6.91. The molecule has 3 N–H and O–H groups in total. The van der Waals surface area contributed by atoms with Crippen LogP contribution in [0.15, 0.2) is 113 Å². The van der Waals surface area contributed by atoms with E-state index in [1.807, 2.05) is 0 Å². The first kappa shape index (κ1) is 28.1. The van der Waals surface area contributed by atoms with Crippen molar-refractivity contribution >= 4 is 61.8 Å². The van der Waals surface area contributed by atoms with Gasteiger partial charge in [-0.05, 0) is 53.4 Å². The molecule has 0 aliphatic carbocycles. The molecular weight excluding hydrogens is 558 g/mol. The van der Waals surface area contributed by atoms with Gasteiger partial charge in [0.2, 0.25) is 6.41 Å². The largest absolute Gasteiger partial charge is 0.505 e. The number of nitrogens with one attached hydrogen (secondary N) is 1. The van der Waals surface area contributed by atoms with Crippen LogP contribution in [0.3, 0.4) is 0 Å². The van der Waals surface area contributed by atoms with Gasteiger partial charge in [0.25, 0.3) is 16.0 Å². The molecule has 0 fully saturated rings. The molecule has 0 atom stereocenters. The number of fused-ring (bicyclic) bond motifs is 1. The summed E-state index contributed by atoms with van der Waals surface area (Å²) in [5, 5.41) is 23.7. The van der Waals surface area contributed by atoms with Crippen LogP contribution in [-0.4, -0.2) is 35.4 Å². The molecule has 5 aromatic rings. The molecular formula is C30H23N5O6S. The lowest BCUT2D eigenvalue weighted by atomic mass is 10.0. The Kier molecular flexibility index (Phi) is 8.00.